The van der Waals surface area contributed by atoms with Crippen molar-refractivity contribution >= 4 is 18.0 Å². The molecule has 0 radical (unpaired) electrons. The van der Waals surface area contributed by atoms with Crippen LogP contribution in [0.25, 0.3) is 11.1 Å². The summed E-state index contributed by atoms with van der Waals surface area (Å²) in [6.45, 7) is 1.79. The van der Waals surface area contributed by atoms with Crippen LogP contribution < -0.4 is 10.6 Å². The second-order valence-corrected chi connectivity index (χ2v) is 8.29. The number of hydrogen-bond acceptors (Lipinski definition) is 6. The molecule has 2 atom stereocenters. The Morgan fingerprint density at radius 1 is 0.943 bits per heavy atom. The fourth-order valence-corrected chi connectivity index (χ4v) is 4.23. The molecule has 0 aliphatic heterocycles. The number of benzene rings is 2. The summed E-state index contributed by atoms with van der Waals surface area (Å²) in [6.07, 6.45) is 1.94. The van der Waals surface area contributed by atoms with Crippen LogP contribution in [0.1, 0.15) is 48.7 Å². The molecular formula is C26H26N4O5. The Bertz CT molecular complexity index is 1170. The molecule has 3 N–H and O–H groups in total. The highest BCUT2D eigenvalue weighted by Crippen LogP contribution is 2.44. The number of nitrogens with one attached hydrogen (secondary N) is 2. The van der Waals surface area contributed by atoms with E-state index in [1.165, 1.54) is 0 Å². The van der Waals surface area contributed by atoms with Gasteiger partial charge in [-0.15, -0.1) is 0 Å². The number of carboxylic acid groups (broad SMARTS) is 1. The lowest BCUT2D eigenvalue weighted by atomic mass is 9.98. The number of ether oxygens (including phenoxy) is 1. The highest BCUT2D eigenvalue weighted by Gasteiger charge is 2.30. The van der Waals surface area contributed by atoms with E-state index in [-0.39, 0.29) is 25.4 Å². The van der Waals surface area contributed by atoms with Crippen molar-refractivity contribution in [3.63, 3.8) is 0 Å². The van der Waals surface area contributed by atoms with Crippen LogP contribution in [0.4, 0.5) is 4.79 Å². The maximum Gasteiger partial charge on any atom is 0.407 e. The Balaban J connectivity index is 1.41. The minimum atomic E-state index is -1.09. The lowest BCUT2D eigenvalue weighted by Gasteiger charge is -2.21. The molecule has 9 nitrogen and oxygen atoms in total. The van der Waals surface area contributed by atoms with E-state index in [9.17, 15) is 14.4 Å². The van der Waals surface area contributed by atoms with E-state index >= 15 is 0 Å². The van der Waals surface area contributed by atoms with Gasteiger partial charge in [0.15, 0.2) is 0 Å². The monoisotopic (exact) mass is 474 g/mol. The molecule has 3 aromatic rings. The first-order valence-electron chi connectivity index (χ1n) is 11.3. The van der Waals surface area contributed by atoms with E-state index in [1.807, 2.05) is 48.5 Å². The molecule has 0 spiro atoms. The zero-order valence-electron chi connectivity index (χ0n) is 19.2. The van der Waals surface area contributed by atoms with Crippen molar-refractivity contribution in [3.05, 3.63) is 83.9 Å². The van der Waals surface area contributed by atoms with Gasteiger partial charge in [-0.2, -0.15) is 0 Å². The van der Waals surface area contributed by atoms with E-state index in [4.69, 9.17) is 9.84 Å². The number of aliphatic carboxylic acids is 1. The highest BCUT2D eigenvalue weighted by molar-refractivity contribution is 5.86. The van der Waals surface area contributed by atoms with Gasteiger partial charge in [-0.1, -0.05) is 48.5 Å². The molecule has 1 aromatic heterocycles. The summed E-state index contributed by atoms with van der Waals surface area (Å²) >= 11 is 0. The average Bonchev–Trinajstić information content (AvgIpc) is 3.19. The molecule has 2 aromatic carbocycles. The smallest absolute Gasteiger partial charge is 0.407 e. The third-order valence-corrected chi connectivity index (χ3v) is 5.93. The average molecular weight is 475 g/mol. The predicted octanol–water partition coefficient (Wildman–Crippen LogP) is 3.43. The summed E-state index contributed by atoms with van der Waals surface area (Å²) in [5.74, 6) is -1.34. The SMILES string of the molecule is CC(NC(=O)C(CCC(=O)O)NC(=O)OCC1c2ccccc2-c2ccccc21)c1ncccn1. The summed E-state index contributed by atoms with van der Waals surface area (Å²) < 4.78 is 5.51. The van der Waals surface area contributed by atoms with Gasteiger partial charge in [0, 0.05) is 24.7 Å². The molecule has 180 valence electrons. The van der Waals surface area contributed by atoms with Gasteiger partial charge in [-0.3, -0.25) is 9.59 Å². The molecule has 9 heteroatoms. The topological polar surface area (TPSA) is 131 Å². The number of carboxylic acids is 1. The van der Waals surface area contributed by atoms with Gasteiger partial charge in [0.2, 0.25) is 5.91 Å². The minimum Gasteiger partial charge on any atom is -0.481 e. The summed E-state index contributed by atoms with van der Waals surface area (Å²) in [6, 6.07) is 16.0. The lowest BCUT2D eigenvalue weighted by molar-refractivity contribution is -0.137. The van der Waals surface area contributed by atoms with E-state index in [0.29, 0.717) is 5.82 Å². The first-order valence-corrected chi connectivity index (χ1v) is 11.3. The van der Waals surface area contributed by atoms with Crippen LogP contribution in [-0.2, 0) is 14.3 Å². The van der Waals surface area contributed by atoms with E-state index in [1.54, 1.807) is 25.4 Å². The van der Waals surface area contributed by atoms with Crippen molar-refractivity contribution in [2.45, 2.75) is 37.8 Å². The van der Waals surface area contributed by atoms with Gasteiger partial charge in [0.05, 0.1) is 6.04 Å². The first-order chi connectivity index (χ1) is 16.9. The van der Waals surface area contributed by atoms with Crippen molar-refractivity contribution in [3.8, 4) is 11.1 Å². The Morgan fingerprint density at radius 3 is 2.14 bits per heavy atom. The largest absolute Gasteiger partial charge is 0.481 e. The molecule has 1 aliphatic carbocycles. The van der Waals surface area contributed by atoms with E-state index < -0.39 is 30.1 Å². The van der Waals surface area contributed by atoms with Gasteiger partial charge in [0.1, 0.15) is 18.5 Å². The molecule has 35 heavy (non-hydrogen) atoms. The zero-order chi connectivity index (χ0) is 24.8. The van der Waals surface area contributed by atoms with Gasteiger partial charge in [-0.05, 0) is 41.7 Å². The van der Waals surface area contributed by atoms with Crippen molar-refractivity contribution in [2.24, 2.45) is 0 Å². The number of nitrogens with zero attached hydrogens (tertiary/aromatic N) is 2. The van der Waals surface area contributed by atoms with Gasteiger partial charge < -0.3 is 20.5 Å². The Labute approximate surface area is 202 Å². The predicted molar refractivity (Wildman–Crippen MR) is 127 cm³/mol. The van der Waals surface area contributed by atoms with Crippen LogP contribution >= 0.6 is 0 Å². The van der Waals surface area contributed by atoms with Crippen LogP contribution in [0.5, 0.6) is 0 Å². The fraction of sp³-hybridized carbons (Fsp3) is 0.269. The van der Waals surface area contributed by atoms with Crippen LogP contribution in [0.15, 0.2) is 67.0 Å². The summed E-state index contributed by atoms with van der Waals surface area (Å²) in [7, 11) is 0. The minimum absolute atomic E-state index is 0.0847. The Morgan fingerprint density at radius 2 is 1.54 bits per heavy atom. The second kappa shape index (κ2) is 10.8. The number of amides is 2. The van der Waals surface area contributed by atoms with E-state index in [2.05, 4.69) is 20.6 Å². The molecule has 1 aliphatic rings. The van der Waals surface area contributed by atoms with Crippen molar-refractivity contribution in [1.29, 1.82) is 0 Å². The zero-order valence-corrected chi connectivity index (χ0v) is 19.2. The van der Waals surface area contributed by atoms with Crippen LogP contribution in [-0.4, -0.2) is 45.7 Å². The molecular weight excluding hydrogens is 448 g/mol. The van der Waals surface area contributed by atoms with Gasteiger partial charge in [0.25, 0.3) is 0 Å². The summed E-state index contributed by atoms with van der Waals surface area (Å²) in [5, 5.41) is 14.3. The summed E-state index contributed by atoms with van der Waals surface area (Å²) in [5.41, 5.74) is 4.34. The normalized spacial score (nSPS) is 13.7. The van der Waals surface area contributed by atoms with Crippen LogP contribution in [0, 0.1) is 0 Å². The molecule has 0 bridgehead atoms. The van der Waals surface area contributed by atoms with Crippen molar-refractivity contribution in [1.82, 2.24) is 20.6 Å². The molecule has 0 saturated carbocycles. The Hall–Kier alpha value is -4.27. The number of carbonyl (C=O) groups is 3. The second-order valence-electron chi connectivity index (χ2n) is 8.29. The molecule has 0 saturated heterocycles. The maximum atomic E-state index is 12.8. The molecule has 2 unspecified atom stereocenters. The van der Waals surface area contributed by atoms with Crippen molar-refractivity contribution < 1.29 is 24.2 Å². The number of carbonyl (C=O) groups excluding carboxylic acids is 2. The number of rotatable bonds is 9. The highest BCUT2D eigenvalue weighted by atomic mass is 16.5. The summed E-state index contributed by atoms with van der Waals surface area (Å²) in [4.78, 5) is 44.8. The Kier molecular flexibility index (Phi) is 7.35. The molecule has 1 heterocycles. The van der Waals surface area contributed by atoms with Crippen LogP contribution in [0.3, 0.4) is 0 Å². The van der Waals surface area contributed by atoms with E-state index in [0.717, 1.165) is 22.3 Å². The number of hydrogen-bond donors (Lipinski definition) is 3. The van der Waals surface area contributed by atoms with Gasteiger partial charge in [-0.25, -0.2) is 14.8 Å². The molecule has 4 rings (SSSR count). The number of alkyl carbamates (subject to hydrolysis) is 1. The number of aromatic nitrogens is 2. The lowest BCUT2D eigenvalue weighted by Crippen LogP contribution is -2.48. The first kappa shape index (κ1) is 23.9. The number of fused-ring (bicyclic) bond motifs is 3. The van der Waals surface area contributed by atoms with Gasteiger partial charge >= 0.3 is 12.1 Å². The fourth-order valence-electron chi connectivity index (χ4n) is 4.23. The quantitative estimate of drug-likeness (QED) is 0.433. The third kappa shape index (κ3) is 5.63. The van der Waals surface area contributed by atoms with Crippen molar-refractivity contribution in [2.75, 3.05) is 6.61 Å². The molecule has 2 amide bonds. The maximum absolute atomic E-state index is 12.8. The van der Waals surface area contributed by atoms with Crippen LogP contribution in [0.2, 0.25) is 0 Å². The standard InChI is InChI=1S/C26H26N4O5/c1-16(24-27-13-6-14-28-24)29-25(33)22(11-12-23(31)32)30-26(34)35-15-21-19-9-4-2-7-17(19)18-8-3-5-10-20(18)21/h2-10,13-14,16,21-22H,11-12,15H2,1H3,(H,29,33)(H,30,34)(H,31,32). The third-order valence-electron chi connectivity index (χ3n) is 5.93. The molecule has 0 fully saturated rings.